The number of halogens is 1. The molecule has 1 fully saturated rings. The van der Waals surface area contributed by atoms with Crippen LogP contribution in [0.4, 0.5) is 0 Å². The normalized spacial score (nSPS) is 19.4. The molecule has 0 amide bonds. The summed E-state index contributed by atoms with van der Waals surface area (Å²) in [4.78, 5) is 2.36. The zero-order chi connectivity index (χ0) is 13.8. The standard InChI is InChI=1S/C15H22BrNO2/c1-17-7-5-11(6-8-17)13(10-18)12-3-4-15(19-2)14(16)9-12/h3-4,9,11,13,18H,5-8,10H2,1-2H3. The Morgan fingerprint density at radius 2 is 2.11 bits per heavy atom. The summed E-state index contributed by atoms with van der Waals surface area (Å²) >= 11 is 3.52. The number of rotatable bonds is 4. The van der Waals surface area contributed by atoms with E-state index in [4.69, 9.17) is 4.74 Å². The Morgan fingerprint density at radius 1 is 1.42 bits per heavy atom. The predicted octanol–water partition coefficient (Wildman–Crippen LogP) is 2.88. The summed E-state index contributed by atoms with van der Waals surface area (Å²) in [5.74, 6) is 1.64. The van der Waals surface area contributed by atoms with Gasteiger partial charge in [0.2, 0.25) is 0 Å². The zero-order valence-electron chi connectivity index (χ0n) is 11.6. The zero-order valence-corrected chi connectivity index (χ0v) is 13.2. The molecule has 2 rings (SSSR count). The maximum Gasteiger partial charge on any atom is 0.133 e. The van der Waals surface area contributed by atoms with Crippen LogP contribution >= 0.6 is 15.9 Å². The summed E-state index contributed by atoms with van der Waals surface area (Å²) in [7, 11) is 3.83. The summed E-state index contributed by atoms with van der Waals surface area (Å²) in [6, 6.07) is 6.12. The third kappa shape index (κ3) is 3.50. The Morgan fingerprint density at radius 3 is 2.63 bits per heavy atom. The van der Waals surface area contributed by atoms with Gasteiger partial charge in [0.25, 0.3) is 0 Å². The molecule has 0 spiro atoms. The number of hydrogen-bond donors (Lipinski definition) is 1. The average Bonchev–Trinajstić information content (AvgIpc) is 2.42. The summed E-state index contributed by atoms with van der Waals surface area (Å²) in [6.07, 6.45) is 2.32. The Labute approximate surface area is 123 Å². The monoisotopic (exact) mass is 327 g/mol. The highest BCUT2D eigenvalue weighted by atomic mass is 79.9. The highest BCUT2D eigenvalue weighted by molar-refractivity contribution is 9.10. The average molecular weight is 328 g/mol. The summed E-state index contributed by atoms with van der Waals surface area (Å²) in [5.41, 5.74) is 1.20. The van der Waals surface area contributed by atoms with E-state index in [1.54, 1.807) is 7.11 Å². The van der Waals surface area contributed by atoms with Crippen molar-refractivity contribution in [1.29, 1.82) is 0 Å². The number of methoxy groups -OCH3 is 1. The molecule has 0 saturated carbocycles. The van der Waals surface area contributed by atoms with Crippen LogP contribution in [0, 0.1) is 5.92 Å². The second-order valence-corrected chi connectivity index (χ2v) is 6.18. The molecule has 1 N–H and O–H groups in total. The minimum Gasteiger partial charge on any atom is -0.496 e. The Kier molecular flexibility index (Phi) is 5.25. The van der Waals surface area contributed by atoms with E-state index in [9.17, 15) is 5.11 Å². The molecule has 4 heteroatoms. The number of piperidine rings is 1. The fourth-order valence-corrected chi connectivity index (χ4v) is 3.43. The maximum atomic E-state index is 9.75. The Balaban J connectivity index is 2.15. The highest BCUT2D eigenvalue weighted by Crippen LogP contribution is 2.35. The third-order valence-corrected chi connectivity index (χ3v) is 4.75. The molecule has 0 aromatic heterocycles. The lowest BCUT2D eigenvalue weighted by Crippen LogP contribution is -2.33. The minimum atomic E-state index is 0.215. The second-order valence-electron chi connectivity index (χ2n) is 5.32. The number of nitrogens with zero attached hydrogens (tertiary/aromatic N) is 1. The molecule has 1 aromatic rings. The van der Waals surface area contributed by atoms with Gasteiger partial charge in [-0.05, 0) is 72.5 Å². The largest absolute Gasteiger partial charge is 0.496 e. The van der Waals surface area contributed by atoms with E-state index in [1.807, 2.05) is 6.07 Å². The van der Waals surface area contributed by atoms with Crippen molar-refractivity contribution in [3.63, 3.8) is 0 Å². The van der Waals surface area contributed by atoms with Gasteiger partial charge < -0.3 is 14.7 Å². The lowest BCUT2D eigenvalue weighted by molar-refractivity contribution is 0.156. The van der Waals surface area contributed by atoms with E-state index in [0.717, 1.165) is 36.2 Å². The van der Waals surface area contributed by atoms with Crippen molar-refractivity contribution < 1.29 is 9.84 Å². The molecular weight excluding hydrogens is 306 g/mol. The van der Waals surface area contributed by atoms with Gasteiger partial charge >= 0.3 is 0 Å². The number of ether oxygens (including phenoxy) is 1. The molecule has 1 aliphatic rings. The number of hydrogen-bond acceptors (Lipinski definition) is 3. The molecule has 106 valence electrons. The first-order chi connectivity index (χ1) is 9.15. The Hall–Kier alpha value is -0.580. The van der Waals surface area contributed by atoms with Gasteiger partial charge in [-0.3, -0.25) is 0 Å². The van der Waals surface area contributed by atoms with Crippen LogP contribution < -0.4 is 4.74 Å². The molecule has 1 saturated heterocycles. The topological polar surface area (TPSA) is 32.7 Å². The van der Waals surface area contributed by atoms with E-state index in [-0.39, 0.29) is 12.5 Å². The van der Waals surface area contributed by atoms with Gasteiger partial charge in [0.05, 0.1) is 18.2 Å². The summed E-state index contributed by atoms with van der Waals surface area (Å²) in [6.45, 7) is 2.46. The van der Waals surface area contributed by atoms with E-state index >= 15 is 0 Å². The SMILES string of the molecule is COc1ccc(C(CO)C2CCN(C)CC2)cc1Br. The van der Waals surface area contributed by atoms with Gasteiger partial charge in [-0.25, -0.2) is 0 Å². The number of aliphatic hydroxyl groups excluding tert-OH is 1. The quantitative estimate of drug-likeness (QED) is 0.923. The van der Waals surface area contributed by atoms with Crippen LogP contribution in [0.25, 0.3) is 0 Å². The van der Waals surface area contributed by atoms with E-state index in [2.05, 4.69) is 40.0 Å². The summed E-state index contributed by atoms with van der Waals surface area (Å²) < 4.78 is 6.21. The van der Waals surface area contributed by atoms with Gasteiger partial charge in [-0.2, -0.15) is 0 Å². The first-order valence-electron chi connectivity index (χ1n) is 6.78. The first kappa shape index (κ1) is 14.8. The number of benzene rings is 1. The lowest BCUT2D eigenvalue weighted by atomic mass is 9.80. The minimum absolute atomic E-state index is 0.215. The number of likely N-dealkylation sites (tertiary alicyclic amines) is 1. The van der Waals surface area contributed by atoms with Crippen molar-refractivity contribution in [2.24, 2.45) is 5.92 Å². The smallest absolute Gasteiger partial charge is 0.133 e. The highest BCUT2D eigenvalue weighted by Gasteiger charge is 2.26. The van der Waals surface area contributed by atoms with Crippen molar-refractivity contribution in [2.45, 2.75) is 18.8 Å². The van der Waals surface area contributed by atoms with Gasteiger partial charge in [0.1, 0.15) is 5.75 Å². The van der Waals surface area contributed by atoms with Crippen LogP contribution in [0.2, 0.25) is 0 Å². The van der Waals surface area contributed by atoms with Crippen LogP contribution in [0.15, 0.2) is 22.7 Å². The lowest BCUT2D eigenvalue weighted by Gasteiger charge is -2.34. The molecule has 0 aliphatic carbocycles. The van der Waals surface area contributed by atoms with Crippen molar-refractivity contribution in [3.05, 3.63) is 28.2 Å². The van der Waals surface area contributed by atoms with E-state index < -0.39 is 0 Å². The van der Waals surface area contributed by atoms with Crippen LogP contribution in [-0.2, 0) is 0 Å². The van der Waals surface area contributed by atoms with Crippen molar-refractivity contribution >= 4 is 15.9 Å². The van der Waals surface area contributed by atoms with Gasteiger partial charge in [-0.1, -0.05) is 6.07 Å². The predicted molar refractivity (Wildman–Crippen MR) is 80.7 cm³/mol. The fraction of sp³-hybridized carbons (Fsp3) is 0.600. The van der Waals surface area contributed by atoms with Crippen LogP contribution in [0.1, 0.15) is 24.3 Å². The Bertz CT molecular complexity index is 417. The molecule has 1 atom stereocenters. The van der Waals surface area contributed by atoms with Gasteiger partial charge in [0, 0.05) is 5.92 Å². The summed E-state index contributed by atoms with van der Waals surface area (Å²) in [5, 5.41) is 9.75. The maximum absolute atomic E-state index is 9.75. The molecular formula is C15H22BrNO2. The van der Waals surface area contributed by atoms with Gasteiger partial charge in [-0.15, -0.1) is 0 Å². The molecule has 1 aromatic carbocycles. The second kappa shape index (κ2) is 6.73. The van der Waals surface area contributed by atoms with E-state index in [1.165, 1.54) is 5.56 Å². The van der Waals surface area contributed by atoms with Crippen LogP contribution in [0.5, 0.6) is 5.75 Å². The van der Waals surface area contributed by atoms with Crippen molar-refractivity contribution in [3.8, 4) is 5.75 Å². The third-order valence-electron chi connectivity index (χ3n) is 4.13. The molecule has 1 heterocycles. The van der Waals surface area contributed by atoms with Gasteiger partial charge in [0.15, 0.2) is 0 Å². The molecule has 0 bridgehead atoms. The van der Waals surface area contributed by atoms with Crippen molar-refractivity contribution in [1.82, 2.24) is 4.90 Å². The molecule has 1 unspecified atom stereocenters. The fourth-order valence-electron chi connectivity index (χ4n) is 2.87. The molecule has 3 nitrogen and oxygen atoms in total. The van der Waals surface area contributed by atoms with E-state index in [0.29, 0.717) is 5.92 Å². The number of aliphatic hydroxyl groups is 1. The van der Waals surface area contributed by atoms with Crippen LogP contribution in [-0.4, -0.2) is 43.9 Å². The molecule has 0 radical (unpaired) electrons. The molecule has 19 heavy (non-hydrogen) atoms. The first-order valence-corrected chi connectivity index (χ1v) is 7.58. The van der Waals surface area contributed by atoms with Crippen molar-refractivity contribution in [2.75, 3.05) is 33.9 Å². The molecule has 1 aliphatic heterocycles. The van der Waals surface area contributed by atoms with Crippen LogP contribution in [0.3, 0.4) is 0 Å².